The van der Waals surface area contributed by atoms with E-state index in [4.69, 9.17) is 4.74 Å². The summed E-state index contributed by atoms with van der Waals surface area (Å²) in [4.78, 5) is 24.0. The Hall–Kier alpha value is -2.42. The van der Waals surface area contributed by atoms with Crippen LogP contribution in [0.2, 0.25) is 0 Å². The summed E-state index contributed by atoms with van der Waals surface area (Å²) in [5.74, 6) is -1.79. The summed E-state index contributed by atoms with van der Waals surface area (Å²) < 4.78 is 47.7. The molecule has 0 heterocycles. The molecule has 1 amide bonds. The molecule has 1 aromatic carbocycles. The van der Waals surface area contributed by atoms with E-state index >= 15 is 0 Å². The molecule has 2 N–H and O–H groups in total. The average Bonchev–Trinajstić information content (AvgIpc) is 2.67. The quantitative estimate of drug-likeness (QED) is 0.604. The molecular weight excluding hydrogens is 411 g/mol. The van der Waals surface area contributed by atoms with Crippen molar-refractivity contribution in [1.29, 1.82) is 0 Å². The van der Waals surface area contributed by atoms with Crippen LogP contribution in [0.5, 0.6) is 0 Å². The monoisotopic (exact) mass is 440 g/mol. The van der Waals surface area contributed by atoms with Crippen LogP contribution in [0.25, 0.3) is 0 Å². The Morgan fingerprint density at radius 1 is 1.23 bits per heavy atom. The lowest BCUT2D eigenvalue weighted by Gasteiger charge is -2.24. The predicted octanol–water partition coefficient (Wildman–Crippen LogP) is 3.27. The topological polar surface area (TPSA) is 102 Å². The summed E-state index contributed by atoms with van der Waals surface area (Å²) in [6, 6.07) is 4.01. The summed E-state index contributed by atoms with van der Waals surface area (Å²) >= 11 is 0. The zero-order valence-corrected chi connectivity index (χ0v) is 18.5. The maximum atomic E-state index is 14.5. The standard InChI is InChI=1S/C21H29FN2O5S/c1-13(2)20(25)23-12-15-9-10-18(17(22)11-15)24-30(27,28)19-8-6-5-7-16(19)21(26)29-14(3)4/h7,9-11,13-14,19,24H,5-6,8,12H2,1-4H3,(H,23,25). The third kappa shape index (κ3) is 6.29. The molecular formula is C21H29FN2O5S. The van der Waals surface area contributed by atoms with Crippen LogP contribution in [0.15, 0.2) is 29.8 Å². The first kappa shape index (κ1) is 23.9. The van der Waals surface area contributed by atoms with Crippen LogP contribution >= 0.6 is 0 Å². The average molecular weight is 441 g/mol. The number of allylic oxidation sites excluding steroid dienone is 1. The van der Waals surface area contributed by atoms with E-state index in [0.29, 0.717) is 18.4 Å². The van der Waals surface area contributed by atoms with Gasteiger partial charge in [0, 0.05) is 12.5 Å². The predicted molar refractivity (Wildman–Crippen MR) is 113 cm³/mol. The van der Waals surface area contributed by atoms with Gasteiger partial charge in [0.2, 0.25) is 15.9 Å². The number of rotatable bonds is 8. The number of halogens is 1. The van der Waals surface area contributed by atoms with Crippen molar-refractivity contribution >= 4 is 27.6 Å². The second kappa shape index (κ2) is 10.1. The maximum absolute atomic E-state index is 14.5. The van der Waals surface area contributed by atoms with Crippen molar-refractivity contribution in [3.05, 3.63) is 41.2 Å². The molecule has 1 unspecified atom stereocenters. The third-order valence-electron chi connectivity index (χ3n) is 4.61. The number of hydrogen-bond acceptors (Lipinski definition) is 5. The molecule has 0 saturated carbocycles. The summed E-state index contributed by atoms with van der Waals surface area (Å²) in [6.45, 7) is 7.00. The van der Waals surface area contributed by atoms with Crippen LogP contribution in [0.3, 0.4) is 0 Å². The molecule has 1 aliphatic carbocycles. The number of nitrogens with one attached hydrogen (secondary N) is 2. The van der Waals surface area contributed by atoms with E-state index < -0.39 is 27.1 Å². The Morgan fingerprint density at radius 2 is 1.93 bits per heavy atom. The number of anilines is 1. The molecule has 0 aliphatic heterocycles. The second-order valence-electron chi connectivity index (χ2n) is 7.87. The van der Waals surface area contributed by atoms with Crippen molar-refractivity contribution in [3.8, 4) is 0 Å². The van der Waals surface area contributed by atoms with E-state index in [0.717, 1.165) is 0 Å². The minimum absolute atomic E-state index is 0.0795. The Balaban J connectivity index is 2.15. The van der Waals surface area contributed by atoms with Gasteiger partial charge in [-0.2, -0.15) is 0 Å². The summed E-state index contributed by atoms with van der Waals surface area (Å²) in [5.41, 5.74) is 0.371. The SMILES string of the molecule is CC(C)OC(=O)C1=CCCCC1S(=O)(=O)Nc1ccc(CNC(=O)C(C)C)cc1F. The van der Waals surface area contributed by atoms with Crippen molar-refractivity contribution in [2.75, 3.05) is 4.72 Å². The molecule has 0 spiro atoms. The van der Waals surface area contributed by atoms with E-state index in [1.807, 2.05) is 0 Å². The van der Waals surface area contributed by atoms with Gasteiger partial charge in [-0.15, -0.1) is 0 Å². The molecule has 9 heteroatoms. The van der Waals surface area contributed by atoms with E-state index in [-0.39, 0.29) is 42.2 Å². The van der Waals surface area contributed by atoms with Crippen LogP contribution in [-0.2, 0) is 30.9 Å². The number of carbonyl (C=O) groups is 2. The van der Waals surface area contributed by atoms with Gasteiger partial charge < -0.3 is 10.1 Å². The highest BCUT2D eigenvalue weighted by Crippen LogP contribution is 2.28. The molecule has 30 heavy (non-hydrogen) atoms. The molecule has 1 aromatic rings. The van der Waals surface area contributed by atoms with Crippen LogP contribution in [0, 0.1) is 11.7 Å². The van der Waals surface area contributed by atoms with Gasteiger partial charge in [0.25, 0.3) is 0 Å². The normalized spacial score (nSPS) is 16.9. The zero-order valence-electron chi connectivity index (χ0n) is 17.7. The van der Waals surface area contributed by atoms with Gasteiger partial charge in [0.1, 0.15) is 11.1 Å². The smallest absolute Gasteiger partial charge is 0.335 e. The molecule has 0 radical (unpaired) electrons. The first-order chi connectivity index (χ1) is 14.0. The lowest BCUT2D eigenvalue weighted by atomic mass is 9.99. The van der Waals surface area contributed by atoms with Gasteiger partial charge >= 0.3 is 5.97 Å². The van der Waals surface area contributed by atoms with E-state index in [2.05, 4.69) is 10.0 Å². The van der Waals surface area contributed by atoms with Crippen LogP contribution in [-0.4, -0.2) is 31.6 Å². The van der Waals surface area contributed by atoms with Crippen molar-refractivity contribution in [2.24, 2.45) is 5.92 Å². The lowest BCUT2D eigenvalue weighted by Crippen LogP contribution is -2.35. The van der Waals surface area contributed by atoms with Crippen molar-refractivity contribution < 1.29 is 27.1 Å². The highest BCUT2D eigenvalue weighted by atomic mass is 32.2. The summed E-state index contributed by atoms with van der Waals surface area (Å²) in [6.07, 6.45) is 2.63. The fourth-order valence-electron chi connectivity index (χ4n) is 3.04. The Bertz CT molecular complexity index is 925. The third-order valence-corrected chi connectivity index (χ3v) is 6.35. The van der Waals surface area contributed by atoms with E-state index in [1.54, 1.807) is 33.8 Å². The molecule has 0 bridgehead atoms. The highest BCUT2D eigenvalue weighted by molar-refractivity contribution is 7.93. The Morgan fingerprint density at radius 3 is 2.53 bits per heavy atom. The highest BCUT2D eigenvalue weighted by Gasteiger charge is 2.36. The van der Waals surface area contributed by atoms with Gasteiger partial charge in [0.05, 0.1) is 17.4 Å². The summed E-state index contributed by atoms with van der Waals surface area (Å²) in [5, 5.41) is 1.57. The number of hydrogen-bond donors (Lipinski definition) is 2. The molecule has 1 atom stereocenters. The Labute approximate surface area is 177 Å². The number of benzene rings is 1. The second-order valence-corrected chi connectivity index (χ2v) is 9.73. The molecule has 7 nitrogen and oxygen atoms in total. The Kier molecular flexibility index (Phi) is 8.00. The maximum Gasteiger partial charge on any atom is 0.335 e. The fraction of sp³-hybridized carbons (Fsp3) is 0.524. The molecule has 0 saturated heterocycles. The number of amides is 1. The molecule has 0 fully saturated rings. The van der Waals surface area contributed by atoms with Crippen LogP contribution < -0.4 is 10.0 Å². The zero-order chi connectivity index (χ0) is 22.5. The first-order valence-corrected chi connectivity index (χ1v) is 11.5. The molecule has 166 valence electrons. The fourth-order valence-corrected chi connectivity index (χ4v) is 4.65. The van der Waals surface area contributed by atoms with Crippen LogP contribution in [0.4, 0.5) is 10.1 Å². The van der Waals surface area contributed by atoms with Crippen LogP contribution in [0.1, 0.15) is 52.5 Å². The minimum atomic E-state index is -4.07. The van der Waals surface area contributed by atoms with Crippen molar-refractivity contribution in [2.45, 2.75) is 64.9 Å². The largest absolute Gasteiger partial charge is 0.460 e. The van der Waals surface area contributed by atoms with E-state index in [1.165, 1.54) is 18.2 Å². The summed E-state index contributed by atoms with van der Waals surface area (Å²) in [7, 11) is -4.07. The first-order valence-electron chi connectivity index (χ1n) is 10.00. The minimum Gasteiger partial charge on any atom is -0.460 e. The van der Waals surface area contributed by atoms with Gasteiger partial charge in [-0.25, -0.2) is 17.6 Å². The number of esters is 1. The molecule has 1 aliphatic rings. The molecule has 0 aromatic heterocycles. The van der Waals surface area contributed by atoms with Gasteiger partial charge in [0.15, 0.2) is 0 Å². The number of sulfonamides is 1. The number of carbonyl (C=O) groups excluding carboxylic acids is 2. The van der Waals surface area contributed by atoms with Gasteiger partial charge in [-0.05, 0) is 50.8 Å². The lowest BCUT2D eigenvalue weighted by molar-refractivity contribution is -0.142. The van der Waals surface area contributed by atoms with E-state index in [9.17, 15) is 22.4 Å². The van der Waals surface area contributed by atoms with Gasteiger partial charge in [-0.1, -0.05) is 26.0 Å². The van der Waals surface area contributed by atoms with Gasteiger partial charge in [-0.3, -0.25) is 9.52 Å². The number of ether oxygens (including phenoxy) is 1. The van der Waals surface area contributed by atoms with Crippen molar-refractivity contribution in [1.82, 2.24) is 5.32 Å². The molecule has 2 rings (SSSR count). The van der Waals surface area contributed by atoms with Crippen molar-refractivity contribution in [3.63, 3.8) is 0 Å².